The number of hydrogen-bond acceptors (Lipinski definition) is 3. The molecule has 3 heteroatoms. The van der Waals surface area contributed by atoms with Gasteiger partial charge in [-0.25, -0.2) is 0 Å². The van der Waals surface area contributed by atoms with Gasteiger partial charge < -0.3 is 4.42 Å². The van der Waals surface area contributed by atoms with Crippen LogP contribution in [0.1, 0.15) is 22.2 Å². The molecule has 1 N–H and O–H groups in total. The molecular weight excluding hydrogens is 254 g/mol. The molecule has 0 saturated heterocycles. The van der Waals surface area contributed by atoms with E-state index in [2.05, 4.69) is 47.1 Å². The SMILES string of the molecule is c1ccc(C(NCc2ccco2)c2cccs2)cc1. The van der Waals surface area contributed by atoms with E-state index < -0.39 is 0 Å². The molecule has 1 atom stereocenters. The molecule has 19 heavy (non-hydrogen) atoms. The number of benzene rings is 1. The van der Waals surface area contributed by atoms with Crippen LogP contribution in [0.25, 0.3) is 0 Å². The standard InChI is InChI=1S/C16H15NOS/c1-2-6-13(7-3-1)16(15-9-5-11-19-15)17-12-14-8-4-10-18-14/h1-11,16-17H,12H2. The molecule has 3 aromatic rings. The molecule has 1 unspecified atom stereocenters. The molecule has 0 amide bonds. The summed E-state index contributed by atoms with van der Waals surface area (Å²) >= 11 is 1.77. The van der Waals surface area contributed by atoms with Crippen molar-refractivity contribution in [2.24, 2.45) is 0 Å². The van der Waals surface area contributed by atoms with E-state index in [1.165, 1.54) is 10.4 Å². The molecular formula is C16H15NOS. The van der Waals surface area contributed by atoms with Crippen LogP contribution in [-0.4, -0.2) is 0 Å². The van der Waals surface area contributed by atoms with Crippen molar-refractivity contribution in [2.75, 3.05) is 0 Å². The molecule has 1 aromatic carbocycles. The molecule has 0 spiro atoms. The Bertz CT molecular complexity index is 587. The zero-order valence-corrected chi connectivity index (χ0v) is 11.3. The van der Waals surface area contributed by atoms with E-state index in [0.717, 1.165) is 12.3 Å². The highest BCUT2D eigenvalue weighted by molar-refractivity contribution is 7.10. The van der Waals surface area contributed by atoms with Gasteiger partial charge in [0.15, 0.2) is 0 Å². The first-order valence-corrected chi connectivity index (χ1v) is 7.15. The molecule has 0 bridgehead atoms. The van der Waals surface area contributed by atoms with Crippen LogP contribution < -0.4 is 5.32 Å². The summed E-state index contributed by atoms with van der Waals surface area (Å²) < 4.78 is 5.38. The minimum atomic E-state index is 0.214. The van der Waals surface area contributed by atoms with Gasteiger partial charge >= 0.3 is 0 Å². The van der Waals surface area contributed by atoms with Crippen LogP contribution in [0, 0.1) is 0 Å². The maximum absolute atomic E-state index is 5.38. The summed E-state index contributed by atoms with van der Waals surface area (Å²) in [5, 5.41) is 5.67. The lowest BCUT2D eigenvalue weighted by Gasteiger charge is -2.17. The maximum Gasteiger partial charge on any atom is 0.117 e. The van der Waals surface area contributed by atoms with E-state index in [4.69, 9.17) is 4.42 Å². The van der Waals surface area contributed by atoms with Gasteiger partial charge in [0.1, 0.15) is 5.76 Å². The van der Waals surface area contributed by atoms with Crippen molar-refractivity contribution in [3.63, 3.8) is 0 Å². The Labute approximate surface area is 116 Å². The van der Waals surface area contributed by atoms with Gasteiger partial charge in [-0.15, -0.1) is 11.3 Å². The van der Waals surface area contributed by atoms with Crippen molar-refractivity contribution in [3.8, 4) is 0 Å². The van der Waals surface area contributed by atoms with Gasteiger partial charge in [-0.05, 0) is 29.1 Å². The molecule has 0 aliphatic rings. The Balaban J connectivity index is 1.81. The van der Waals surface area contributed by atoms with Gasteiger partial charge in [0.05, 0.1) is 18.8 Å². The third-order valence-electron chi connectivity index (χ3n) is 3.02. The van der Waals surface area contributed by atoms with Crippen LogP contribution in [0.3, 0.4) is 0 Å². The molecule has 0 saturated carbocycles. The second-order valence-electron chi connectivity index (χ2n) is 4.32. The zero-order valence-electron chi connectivity index (χ0n) is 10.5. The van der Waals surface area contributed by atoms with E-state index in [1.54, 1.807) is 17.6 Å². The van der Waals surface area contributed by atoms with Gasteiger partial charge in [0, 0.05) is 4.88 Å². The number of rotatable bonds is 5. The Kier molecular flexibility index (Phi) is 3.77. The fourth-order valence-corrected chi connectivity index (χ4v) is 2.93. The summed E-state index contributed by atoms with van der Waals surface area (Å²) in [4.78, 5) is 1.32. The minimum Gasteiger partial charge on any atom is -0.468 e. The Hall–Kier alpha value is -1.84. The number of nitrogens with one attached hydrogen (secondary N) is 1. The first-order valence-electron chi connectivity index (χ1n) is 6.27. The van der Waals surface area contributed by atoms with Crippen LogP contribution in [0.15, 0.2) is 70.7 Å². The normalized spacial score (nSPS) is 12.4. The van der Waals surface area contributed by atoms with Crippen molar-refractivity contribution >= 4 is 11.3 Å². The minimum absolute atomic E-state index is 0.214. The molecule has 2 aromatic heterocycles. The molecule has 2 nitrogen and oxygen atoms in total. The lowest BCUT2D eigenvalue weighted by atomic mass is 10.1. The second-order valence-corrected chi connectivity index (χ2v) is 5.30. The highest BCUT2D eigenvalue weighted by atomic mass is 32.1. The fraction of sp³-hybridized carbons (Fsp3) is 0.125. The van der Waals surface area contributed by atoms with E-state index in [1.807, 2.05) is 18.2 Å². The van der Waals surface area contributed by atoms with Crippen molar-refractivity contribution in [2.45, 2.75) is 12.6 Å². The first kappa shape index (κ1) is 12.2. The van der Waals surface area contributed by atoms with Crippen LogP contribution in [0.5, 0.6) is 0 Å². The topological polar surface area (TPSA) is 25.2 Å². The van der Waals surface area contributed by atoms with Crippen LogP contribution in [0.2, 0.25) is 0 Å². The molecule has 0 radical (unpaired) electrons. The molecule has 0 fully saturated rings. The van der Waals surface area contributed by atoms with Crippen molar-refractivity contribution in [3.05, 3.63) is 82.4 Å². The molecule has 96 valence electrons. The monoisotopic (exact) mass is 269 g/mol. The largest absolute Gasteiger partial charge is 0.468 e. The van der Waals surface area contributed by atoms with E-state index in [0.29, 0.717) is 0 Å². The summed E-state index contributed by atoms with van der Waals surface area (Å²) in [6.07, 6.45) is 1.71. The smallest absolute Gasteiger partial charge is 0.117 e. The molecule has 3 rings (SSSR count). The van der Waals surface area contributed by atoms with Gasteiger partial charge in [-0.3, -0.25) is 5.32 Å². The number of thiophene rings is 1. The predicted octanol–water partition coefficient (Wildman–Crippen LogP) is 4.22. The Morgan fingerprint density at radius 1 is 1.00 bits per heavy atom. The average molecular weight is 269 g/mol. The number of hydrogen-bond donors (Lipinski definition) is 1. The lowest BCUT2D eigenvalue weighted by molar-refractivity contribution is 0.470. The van der Waals surface area contributed by atoms with Gasteiger partial charge in [0.25, 0.3) is 0 Å². The van der Waals surface area contributed by atoms with Crippen LogP contribution in [0.4, 0.5) is 0 Å². The molecule has 2 heterocycles. The Morgan fingerprint density at radius 2 is 1.89 bits per heavy atom. The van der Waals surface area contributed by atoms with Crippen LogP contribution in [-0.2, 0) is 6.54 Å². The lowest BCUT2D eigenvalue weighted by Crippen LogP contribution is -2.20. The van der Waals surface area contributed by atoms with Gasteiger partial charge in [-0.1, -0.05) is 36.4 Å². The van der Waals surface area contributed by atoms with Gasteiger partial charge in [0.2, 0.25) is 0 Å². The summed E-state index contributed by atoms with van der Waals surface area (Å²) in [5.74, 6) is 0.956. The summed E-state index contributed by atoms with van der Waals surface area (Å²) in [5.41, 5.74) is 1.27. The predicted molar refractivity (Wildman–Crippen MR) is 78.2 cm³/mol. The Morgan fingerprint density at radius 3 is 2.58 bits per heavy atom. The summed E-state index contributed by atoms with van der Waals surface area (Å²) in [6.45, 7) is 0.727. The fourth-order valence-electron chi connectivity index (χ4n) is 2.10. The first-order chi connectivity index (χ1) is 9.43. The third-order valence-corrected chi connectivity index (χ3v) is 3.96. The zero-order chi connectivity index (χ0) is 12.9. The summed E-state index contributed by atoms with van der Waals surface area (Å²) in [7, 11) is 0. The van der Waals surface area contributed by atoms with Crippen molar-refractivity contribution in [1.82, 2.24) is 5.32 Å². The molecule has 0 aliphatic carbocycles. The average Bonchev–Trinajstić information content (AvgIpc) is 3.13. The second kappa shape index (κ2) is 5.87. The third kappa shape index (κ3) is 2.95. The maximum atomic E-state index is 5.38. The van der Waals surface area contributed by atoms with Gasteiger partial charge in [-0.2, -0.15) is 0 Å². The van der Waals surface area contributed by atoms with Crippen LogP contribution >= 0.6 is 11.3 Å². The highest BCUT2D eigenvalue weighted by Gasteiger charge is 2.14. The molecule has 0 aliphatic heterocycles. The van der Waals surface area contributed by atoms with E-state index >= 15 is 0 Å². The highest BCUT2D eigenvalue weighted by Crippen LogP contribution is 2.26. The van der Waals surface area contributed by atoms with Crippen molar-refractivity contribution in [1.29, 1.82) is 0 Å². The van der Waals surface area contributed by atoms with E-state index in [9.17, 15) is 0 Å². The summed E-state index contributed by atoms with van der Waals surface area (Å²) in [6, 6.07) is 18.9. The van der Waals surface area contributed by atoms with E-state index in [-0.39, 0.29) is 6.04 Å². The quantitative estimate of drug-likeness (QED) is 0.750. The number of furan rings is 1. The van der Waals surface area contributed by atoms with Crippen molar-refractivity contribution < 1.29 is 4.42 Å².